The summed E-state index contributed by atoms with van der Waals surface area (Å²) in [5.74, 6) is -1.63. The van der Waals surface area contributed by atoms with Crippen LogP contribution in [0, 0.1) is 12.8 Å². The van der Waals surface area contributed by atoms with E-state index in [1.807, 2.05) is 45.0 Å². The van der Waals surface area contributed by atoms with Crippen LogP contribution in [0.5, 0.6) is 0 Å². The van der Waals surface area contributed by atoms with Crippen molar-refractivity contribution in [3.05, 3.63) is 35.4 Å². The Morgan fingerprint density at radius 1 is 1.37 bits per heavy atom. The summed E-state index contributed by atoms with van der Waals surface area (Å²) < 4.78 is 0. The number of nitrogens with zero attached hydrogens (tertiary/aromatic N) is 1. The summed E-state index contributed by atoms with van der Waals surface area (Å²) in [7, 11) is 0. The highest BCUT2D eigenvalue weighted by Gasteiger charge is 2.45. The van der Waals surface area contributed by atoms with Crippen molar-refractivity contribution in [3.63, 3.8) is 0 Å². The van der Waals surface area contributed by atoms with Crippen molar-refractivity contribution < 1.29 is 14.7 Å². The summed E-state index contributed by atoms with van der Waals surface area (Å²) in [6.07, 6.45) is 0.0898. The molecule has 1 N–H and O–H groups in total. The molecule has 1 aromatic rings. The van der Waals surface area contributed by atoms with Crippen molar-refractivity contribution in [2.75, 3.05) is 0 Å². The molecular weight excluding hydrogens is 242 g/mol. The number of aliphatic carboxylic acids is 1. The van der Waals surface area contributed by atoms with Crippen LogP contribution < -0.4 is 0 Å². The van der Waals surface area contributed by atoms with E-state index in [9.17, 15) is 14.7 Å². The lowest BCUT2D eigenvalue weighted by Crippen LogP contribution is -2.36. The predicted octanol–water partition coefficient (Wildman–Crippen LogP) is 2.38. The van der Waals surface area contributed by atoms with Crippen LogP contribution in [-0.4, -0.2) is 27.9 Å². The number of benzene rings is 1. The van der Waals surface area contributed by atoms with Crippen LogP contribution >= 0.6 is 0 Å². The first-order chi connectivity index (χ1) is 8.93. The molecule has 19 heavy (non-hydrogen) atoms. The van der Waals surface area contributed by atoms with E-state index in [4.69, 9.17) is 0 Å². The fourth-order valence-electron chi connectivity index (χ4n) is 2.87. The number of rotatable bonds is 3. The van der Waals surface area contributed by atoms with E-state index in [0.29, 0.717) is 0 Å². The first-order valence-electron chi connectivity index (χ1n) is 6.53. The van der Waals surface area contributed by atoms with Crippen LogP contribution in [-0.2, 0) is 9.59 Å². The summed E-state index contributed by atoms with van der Waals surface area (Å²) in [6.45, 7) is 5.80. The highest BCUT2D eigenvalue weighted by Crippen LogP contribution is 2.40. The van der Waals surface area contributed by atoms with Crippen molar-refractivity contribution in [2.45, 2.75) is 39.3 Å². The van der Waals surface area contributed by atoms with Gasteiger partial charge in [-0.15, -0.1) is 0 Å². The second kappa shape index (κ2) is 5.03. The van der Waals surface area contributed by atoms with Gasteiger partial charge in [-0.2, -0.15) is 0 Å². The number of carboxylic acids is 1. The van der Waals surface area contributed by atoms with E-state index in [0.717, 1.165) is 11.1 Å². The van der Waals surface area contributed by atoms with Crippen molar-refractivity contribution >= 4 is 11.9 Å². The highest BCUT2D eigenvalue weighted by molar-refractivity contribution is 5.87. The van der Waals surface area contributed by atoms with Gasteiger partial charge in [0, 0.05) is 12.5 Å². The van der Waals surface area contributed by atoms with E-state index in [1.165, 1.54) is 0 Å². The molecule has 2 atom stereocenters. The molecule has 1 aromatic carbocycles. The molecule has 1 fully saturated rings. The smallest absolute Gasteiger partial charge is 0.309 e. The van der Waals surface area contributed by atoms with Crippen LogP contribution in [0.4, 0.5) is 0 Å². The third kappa shape index (κ3) is 2.35. The molecule has 0 saturated carbocycles. The van der Waals surface area contributed by atoms with E-state index < -0.39 is 11.9 Å². The zero-order valence-corrected chi connectivity index (χ0v) is 11.5. The van der Waals surface area contributed by atoms with Gasteiger partial charge in [0.2, 0.25) is 5.91 Å². The number of hydrogen-bond donors (Lipinski definition) is 1. The molecular formula is C15H19NO3. The number of carbonyl (C=O) groups is 2. The Hall–Kier alpha value is -1.84. The summed E-state index contributed by atoms with van der Waals surface area (Å²) in [5, 5.41) is 9.37. The maximum Gasteiger partial charge on any atom is 0.309 e. The third-order valence-corrected chi connectivity index (χ3v) is 3.74. The number of likely N-dealkylation sites (tertiary alicyclic amines) is 1. The zero-order chi connectivity index (χ0) is 14.2. The molecule has 102 valence electrons. The molecule has 4 nitrogen and oxygen atoms in total. The van der Waals surface area contributed by atoms with Gasteiger partial charge in [-0.05, 0) is 31.9 Å². The van der Waals surface area contributed by atoms with Crippen LogP contribution in [0.3, 0.4) is 0 Å². The van der Waals surface area contributed by atoms with Gasteiger partial charge in [-0.25, -0.2) is 0 Å². The number of amides is 1. The van der Waals surface area contributed by atoms with Gasteiger partial charge in [0.1, 0.15) is 0 Å². The van der Waals surface area contributed by atoms with E-state index >= 15 is 0 Å². The predicted molar refractivity (Wildman–Crippen MR) is 71.6 cm³/mol. The second-order valence-corrected chi connectivity index (χ2v) is 5.35. The minimum atomic E-state index is -0.898. The average Bonchev–Trinajstić information content (AvgIpc) is 2.67. The SMILES string of the molecule is Cc1ccccc1C1C(C(=O)O)CC(=O)N1C(C)C. The number of hydrogen-bond acceptors (Lipinski definition) is 2. The van der Waals surface area contributed by atoms with Crippen LogP contribution in [0.2, 0.25) is 0 Å². The van der Waals surface area contributed by atoms with E-state index in [-0.39, 0.29) is 24.4 Å². The lowest BCUT2D eigenvalue weighted by Gasteiger charge is -2.31. The molecule has 1 aliphatic rings. The lowest BCUT2D eigenvalue weighted by molar-refractivity contribution is -0.142. The number of carbonyl (C=O) groups excluding carboxylic acids is 1. The zero-order valence-electron chi connectivity index (χ0n) is 11.5. The monoisotopic (exact) mass is 261 g/mol. The Labute approximate surface area is 113 Å². The fraction of sp³-hybridized carbons (Fsp3) is 0.467. The molecule has 1 amide bonds. The molecule has 0 radical (unpaired) electrons. The third-order valence-electron chi connectivity index (χ3n) is 3.74. The maximum atomic E-state index is 12.1. The Kier molecular flexibility index (Phi) is 3.60. The molecule has 1 heterocycles. The van der Waals surface area contributed by atoms with Crippen LogP contribution in [0.25, 0.3) is 0 Å². The minimum Gasteiger partial charge on any atom is -0.481 e. The van der Waals surface area contributed by atoms with Gasteiger partial charge in [-0.3, -0.25) is 9.59 Å². The summed E-state index contributed by atoms with van der Waals surface area (Å²) >= 11 is 0. The molecule has 0 bridgehead atoms. The van der Waals surface area contributed by atoms with Crippen molar-refractivity contribution in [1.82, 2.24) is 4.90 Å². The summed E-state index contributed by atoms with van der Waals surface area (Å²) in [5.41, 5.74) is 1.97. The topological polar surface area (TPSA) is 57.6 Å². The summed E-state index contributed by atoms with van der Waals surface area (Å²) in [6, 6.07) is 7.33. The highest BCUT2D eigenvalue weighted by atomic mass is 16.4. The average molecular weight is 261 g/mol. The Morgan fingerprint density at radius 3 is 2.53 bits per heavy atom. The van der Waals surface area contributed by atoms with Gasteiger partial charge in [0.05, 0.1) is 12.0 Å². The molecule has 1 saturated heterocycles. The van der Waals surface area contributed by atoms with Gasteiger partial charge in [0.15, 0.2) is 0 Å². The second-order valence-electron chi connectivity index (χ2n) is 5.35. The van der Waals surface area contributed by atoms with E-state index in [2.05, 4.69) is 0 Å². The molecule has 4 heteroatoms. The Bertz CT molecular complexity index is 510. The van der Waals surface area contributed by atoms with Crippen LogP contribution in [0.1, 0.15) is 37.4 Å². The molecule has 2 unspecified atom stereocenters. The number of carboxylic acid groups (broad SMARTS) is 1. The standard InChI is InChI=1S/C15H19NO3/c1-9(2)16-13(17)8-12(15(18)19)14(16)11-7-5-4-6-10(11)3/h4-7,9,12,14H,8H2,1-3H3,(H,18,19). The first-order valence-corrected chi connectivity index (χ1v) is 6.53. The van der Waals surface area contributed by atoms with Gasteiger partial charge < -0.3 is 10.0 Å². The van der Waals surface area contributed by atoms with Gasteiger partial charge >= 0.3 is 5.97 Å². The first kappa shape index (κ1) is 13.6. The fourth-order valence-corrected chi connectivity index (χ4v) is 2.87. The van der Waals surface area contributed by atoms with Crippen molar-refractivity contribution in [3.8, 4) is 0 Å². The Balaban J connectivity index is 2.50. The van der Waals surface area contributed by atoms with Crippen LogP contribution in [0.15, 0.2) is 24.3 Å². The van der Waals surface area contributed by atoms with E-state index in [1.54, 1.807) is 4.90 Å². The van der Waals surface area contributed by atoms with Crippen molar-refractivity contribution in [1.29, 1.82) is 0 Å². The lowest BCUT2D eigenvalue weighted by atomic mass is 9.90. The number of aryl methyl sites for hydroxylation is 1. The minimum absolute atomic E-state index is 0.00135. The molecule has 0 aromatic heterocycles. The van der Waals surface area contributed by atoms with Gasteiger partial charge in [-0.1, -0.05) is 24.3 Å². The van der Waals surface area contributed by atoms with Crippen molar-refractivity contribution in [2.24, 2.45) is 5.92 Å². The quantitative estimate of drug-likeness (QED) is 0.908. The van der Waals surface area contributed by atoms with Gasteiger partial charge in [0.25, 0.3) is 0 Å². The molecule has 0 aliphatic carbocycles. The molecule has 2 rings (SSSR count). The molecule has 0 spiro atoms. The summed E-state index contributed by atoms with van der Waals surface area (Å²) in [4.78, 5) is 25.2. The Morgan fingerprint density at radius 2 is 2.00 bits per heavy atom. The largest absolute Gasteiger partial charge is 0.481 e. The maximum absolute atomic E-state index is 12.1. The normalized spacial score (nSPS) is 23.2. The molecule has 1 aliphatic heterocycles.